The van der Waals surface area contributed by atoms with Crippen molar-refractivity contribution in [2.24, 2.45) is 0 Å². The van der Waals surface area contributed by atoms with E-state index in [0.717, 1.165) is 5.39 Å². The first-order valence-electron chi connectivity index (χ1n) is 6.32. The molecular formula is C16H14O5. The first kappa shape index (κ1) is 14.7. The Bertz CT molecular complexity index is 703. The number of hydrogen-bond donors (Lipinski definition) is 2. The van der Waals surface area contributed by atoms with E-state index in [0.29, 0.717) is 10.9 Å². The van der Waals surface area contributed by atoms with Crippen LogP contribution in [0.4, 0.5) is 0 Å². The molecule has 0 spiro atoms. The zero-order valence-electron chi connectivity index (χ0n) is 11.2. The topological polar surface area (TPSA) is 83.8 Å². The van der Waals surface area contributed by atoms with Gasteiger partial charge in [0.25, 0.3) is 0 Å². The van der Waals surface area contributed by atoms with Gasteiger partial charge in [-0.15, -0.1) is 0 Å². The lowest BCUT2D eigenvalue weighted by molar-refractivity contribution is 0.0548. The Kier molecular flexibility index (Phi) is 4.68. The Morgan fingerprint density at radius 2 is 1.67 bits per heavy atom. The van der Waals surface area contributed by atoms with E-state index < -0.39 is 11.9 Å². The van der Waals surface area contributed by atoms with Crippen molar-refractivity contribution in [3.8, 4) is 0 Å². The Labute approximate surface area is 121 Å². The van der Waals surface area contributed by atoms with Crippen LogP contribution in [0.25, 0.3) is 10.8 Å². The molecule has 108 valence electrons. The predicted molar refractivity (Wildman–Crippen MR) is 77.4 cm³/mol. The molecule has 0 bridgehead atoms. The second-order valence-electron chi connectivity index (χ2n) is 4.33. The van der Waals surface area contributed by atoms with E-state index in [1.54, 1.807) is 30.3 Å². The number of carbonyl (C=O) groups excluding carboxylic acids is 1. The first-order valence-corrected chi connectivity index (χ1v) is 6.32. The smallest absolute Gasteiger partial charge is 0.338 e. The molecule has 2 rings (SSSR count). The molecule has 0 unspecified atom stereocenters. The molecule has 2 aromatic rings. The molecule has 0 amide bonds. The van der Waals surface area contributed by atoms with Crippen LogP contribution >= 0.6 is 0 Å². The number of esters is 1. The lowest BCUT2D eigenvalue weighted by Crippen LogP contribution is -2.05. The number of fused-ring (bicyclic) bond motifs is 1. The molecule has 21 heavy (non-hydrogen) atoms. The van der Waals surface area contributed by atoms with E-state index in [1.165, 1.54) is 18.2 Å². The van der Waals surface area contributed by atoms with Crippen molar-refractivity contribution >= 4 is 22.7 Å². The van der Waals surface area contributed by atoms with Crippen molar-refractivity contribution < 1.29 is 24.5 Å². The Balaban J connectivity index is 2.22. The fraction of sp³-hybridized carbons (Fsp3) is 0.125. The highest BCUT2D eigenvalue weighted by atomic mass is 16.5. The number of aliphatic hydroxyl groups is 1. The Hall–Kier alpha value is -2.66. The van der Waals surface area contributed by atoms with Crippen LogP contribution in [0, 0.1) is 0 Å². The lowest BCUT2D eigenvalue weighted by Gasteiger charge is -2.05. The number of hydrogen-bond acceptors (Lipinski definition) is 4. The highest BCUT2D eigenvalue weighted by molar-refractivity contribution is 5.98. The van der Waals surface area contributed by atoms with E-state index in [2.05, 4.69) is 0 Å². The van der Waals surface area contributed by atoms with Gasteiger partial charge < -0.3 is 14.9 Å². The number of carboxylic acid groups (broad SMARTS) is 1. The fourth-order valence-electron chi connectivity index (χ4n) is 1.86. The zero-order valence-corrected chi connectivity index (χ0v) is 11.2. The minimum Gasteiger partial charge on any atom is -0.478 e. The van der Waals surface area contributed by atoms with E-state index in [-0.39, 0.29) is 18.8 Å². The fourth-order valence-corrected chi connectivity index (χ4v) is 1.86. The molecule has 0 fully saturated rings. The van der Waals surface area contributed by atoms with Crippen LogP contribution in [0.3, 0.4) is 0 Å². The Morgan fingerprint density at radius 3 is 2.33 bits per heavy atom. The summed E-state index contributed by atoms with van der Waals surface area (Å²) in [6.07, 6.45) is 3.02. The van der Waals surface area contributed by atoms with Gasteiger partial charge in [-0.05, 0) is 41.1 Å². The van der Waals surface area contributed by atoms with Gasteiger partial charge in [0.15, 0.2) is 0 Å². The van der Waals surface area contributed by atoms with Crippen molar-refractivity contribution in [3.63, 3.8) is 0 Å². The largest absolute Gasteiger partial charge is 0.478 e. The Morgan fingerprint density at radius 1 is 1.00 bits per heavy atom. The molecule has 0 atom stereocenters. The molecule has 0 saturated heterocycles. The van der Waals surface area contributed by atoms with Crippen LogP contribution in [0.5, 0.6) is 0 Å². The molecule has 5 heteroatoms. The summed E-state index contributed by atoms with van der Waals surface area (Å²) in [5.74, 6) is -1.51. The van der Waals surface area contributed by atoms with Crippen LogP contribution in [0.15, 0.2) is 48.6 Å². The van der Waals surface area contributed by atoms with Gasteiger partial charge in [0.2, 0.25) is 0 Å². The summed E-state index contributed by atoms with van der Waals surface area (Å²) in [7, 11) is 0. The molecule has 0 aromatic heterocycles. The molecule has 0 saturated carbocycles. The van der Waals surface area contributed by atoms with Crippen LogP contribution in [-0.2, 0) is 4.74 Å². The molecule has 0 aliphatic carbocycles. The van der Waals surface area contributed by atoms with Gasteiger partial charge in [-0.3, -0.25) is 0 Å². The van der Waals surface area contributed by atoms with Crippen molar-refractivity contribution in [2.75, 3.05) is 13.2 Å². The van der Waals surface area contributed by atoms with Gasteiger partial charge in [0.05, 0.1) is 17.7 Å². The van der Waals surface area contributed by atoms with Gasteiger partial charge >= 0.3 is 11.9 Å². The van der Waals surface area contributed by atoms with E-state index in [1.807, 2.05) is 0 Å². The van der Waals surface area contributed by atoms with Crippen LogP contribution in [0.2, 0.25) is 0 Å². The van der Waals surface area contributed by atoms with Gasteiger partial charge in [-0.25, -0.2) is 9.59 Å². The number of rotatable bonds is 5. The predicted octanol–water partition coefficient (Wildman–Crippen LogP) is 2.24. The summed E-state index contributed by atoms with van der Waals surface area (Å²) >= 11 is 0. The minimum atomic E-state index is -1.01. The highest BCUT2D eigenvalue weighted by Crippen LogP contribution is 2.18. The maximum atomic E-state index is 11.8. The van der Waals surface area contributed by atoms with Gasteiger partial charge in [0.1, 0.15) is 6.61 Å². The summed E-state index contributed by atoms with van der Waals surface area (Å²) < 4.78 is 5.00. The standard InChI is InChI=1S/C16H14O5/c17-7-1-2-8-21-16(20)13-6-4-11-3-5-12(15(18)19)9-14(11)10-13/h1-6,9-10,17H,7-8H2,(H,18,19). The third-order valence-corrected chi connectivity index (χ3v) is 2.91. The summed E-state index contributed by atoms with van der Waals surface area (Å²) in [4.78, 5) is 22.8. The van der Waals surface area contributed by atoms with Crippen LogP contribution in [0.1, 0.15) is 20.7 Å². The maximum Gasteiger partial charge on any atom is 0.338 e. The van der Waals surface area contributed by atoms with E-state index >= 15 is 0 Å². The number of aliphatic hydroxyl groups excluding tert-OH is 1. The molecule has 2 aromatic carbocycles. The molecule has 0 heterocycles. The van der Waals surface area contributed by atoms with Gasteiger partial charge in [-0.1, -0.05) is 18.2 Å². The van der Waals surface area contributed by atoms with Crippen molar-refractivity contribution in [1.29, 1.82) is 0 Å². The van der Waals surface area contributed by atoms with E-state index in [4.69, 9.17) is 14.9 Å². The molecular weight excluding hydrogens is 272 g/mol. The number of carboxylic acids is 1. The number of carbonyl (C=O) groups is 2. The third-order valence-electron chi connectivity index (χ3n) is 2.91. The number of ether oxygens (including phenoxy) is 1. The lowest BCUT2D eigenvalue weighted by atomic mass is 10.0. The molecule has 0 aliphatic heterocycles. The minimum absolute atomic E-state index is 0.0760. The second kappa shape index (κ2) is 6.67. The van der Waals surface area contributed by atoms with Crippen LogP contribution in [-0.4, -0.2) is 35.4 Å². The molecule has 0 aliphatic rings. The third kappa shape index (κ3) is 3.67. The van der Waals surface area contributed by atoms with Gasteiger partial charge in [0, 0.05) is 0 Å². The SMILES string of the molecule is O=C(O)c1ccc2ccc(C(=O)OCC=CCO)cc2c1. The van der Waals surface area contributed by atoms with Crippen molar-refractivity contribution in [2.45, 2.75) is 0 Å². The summed E-state index contributed by atoms with van der Waals surface area (Å²) in [6, 6.07) is 9.68. The van der Waals surface area contributed by atoms with Crippen molar-refractivity contribution in [3.05, 3.63) is 59.7 Å². The quantitative estimate of drug-likeness (QED) is 0.650. The summed E-state index contributed by atoms with van der Waals surface area (Å²) in [5, 5.41) is 19.0. The highest BCUT2D eigenvalue weighted by Gasteiger charge is 2.09. The monoisotopic (exact) mass is 286 g/mol. The van der Waals surface area contributed by atoms with Crippen LogP contribution < -0.4 is 0 Å². The number of benzene rings is 2. The normalized spacial score (nSPS) is 10.9. The van der Waals surface area contributed by atoms with Crippen molar-refractivity contribution in [1.82, 2.24) is 0 Å². The second-order valence-corrected chi connectivity index (χ2v) is 4.33. The average Bonchev–Trinajstić information content (AvgIpc) is 2.50. The molecule has 5 nitrogen and oxygen atoms in total. The molecule has 0 radical (unpaired) electrons. The summed E-state index contributed by atoms with van der Waals surface area (Å²) in [5.41, 5.74) is 0.515. The average molecular weight is 286 g/mol. The maximum absolute atomic E-state index is 11.8. The van der Waals surface area contributed by atoms with E-state index in [9.17, 15) is 9.59 Å². The number of aromatic carboxylic acids is 1. The first-order chi connectivity index (χ1) is 10.1. The van der Waals surface area contributed by atoms with Gasteiger partial charge in [-0.2, -0.15) is 0 Å². The molecule has 2 N–H and O–H groups in total. The summed E-state index contributed by atoms with van der Waals surface area (Å²) in [6.45, 7) is -0.0297. The zero-order chi connectivity index (χ0) is 15.2.